The zero-order valence-corrected chi connectivity index (χ0v) is 11.0. The van der Waals surface area contributed by atoms with E-state index in [-0.39, 0.29) is 0 Å². The van der Waals surface area contributed by atoms with Gasteiger partial charge in [0.15, 0.2) is 0 Å². The van der Waals surface area contributed by atoms with Crippen LogP contribution in [-0.4, -0.2) is 4.98 Å². The van der Waals surface area contributed by atoms with Crippen molar-refractivity contribution < 1.29 is 0 Å². The van der Waals surface area contributed by atoms with Gasteiger partial charge in [0, 0.05) is 11.9 Å². The van der Waals surface area contributed by atoms with Gasteiger partial charge in [0.25, 0.3) is 0 Å². The first-order chi connectivity index (χ1) is 8.31. The molecular formula is C14H18N2S. The predicted octanol–water partition coefficient (Wildman–Crippen LogP) is 2.95. The maximum atomic E-state index is 5.55. The molecule has 0 aliphatic heterocycles. The molecule has 3 heteroatoms. The van der Waals surface area contributed by atoms with Gasteiger partial charge in [0.2, 0.25) is 0 Å². The van der Waals surface area contributed by atoms with Gasteiger partial charge in [-0.25, -0.2) is 4.98 Å². The summed E-state index contributed by atoms with van der Waals surface area (Å²) in [5.41, 5.74) is 9.49. The average Bonchev–Trinajstić information content (AvgIpc) is 2.85. The lowest BCUT2D eigenvalue weighted by molar-refractivity contribution is 0.903. The Hall–Kier alpha value is -1.19. The lowest BCUT2D eigenvalue weighted by Crippen LogP contribution is -1.97. The number of benzene rings is 1. The maximum absolute atomic E-state index is 5.55. The number of aromatic nitrogens is 1. The van der Waals surface area contributed by atoms with E-state index < -0.39 is 0 Å². The molecule has 90 valence electrons. The zero-order valence-electron chi connectivity index (χ0n) is 10.1. The predicted molar refractivity (Wildman–Crippen MR) is 73.2 cm³/mol. The Balaban J connectivity index is 1.92. The molecule has 0 spiro atoms. The molecule has 17 heavy (non-hydrogen) atoms. The van der Waals surface area contributed by atoms with E-state index in [0.29, 0.717) is 6.54 Å². The number of thiazole rings is 1. The smallest absolute Gasteiger partial charge is 0.106 e. The molecule has 0 fully saturated rings. The van der Waals surface area contributed by atoms with Crippen molar-refractivity contribution in [2.24, 2.45) is 5.73 Å². The third-order valence-corrected chi connectivity index (χ3v) is 3.79. The van der Waals surface area contributed by atoms with Crippen LogP contribution >= 0.6 is 11.3 Å². The number of aryl methyl sites for hydroxylation is 3. The molecule has 0 bridgehead atoms. The van der Waals surface area contributed by atoms with Crippen molar-refractivity contribution in [3.8, 4) is 0 Å². The van der Waals surface area contributed by atoms with E-state index >= 15 is 0 Å². The molecule has 2 N–H and O–H groups in total. The number of hydrogen-bond acceptors (Lipinski definition) is 3. The largest absolute Gasteiger partial charge is 0.325 e. The van der Waals surface area contributed by atoms with Gasteiger partial charge in [-0.2, -0.15) is 0 Å². The Morgan fingerprint density at radius 2 is 1.82 bits per heavy atom. The monoisotopic (exact) mass is 246 g/mol. The summed E-state index contributed by atoms with van der Waals surface area (Å²) >= 11 is 1.65. The van der Waals surface area contributed by atoms with Gasteiger partial charge in [0.1, 0.15) is 5.01 Å². The second-order valence-electron chi connectivity index (χ2n) is 4.11. The fraction of sp³-hybridized carbons (Fsp3) is 0.357. The van der Waals surface area contributed by atoms with E-state index in [1.165, 1.54) is 11.1 Å². The molecule has 0 amide bonds. The van der Waals surface area contributed by atoms with Crippen molar-refractivity contribution >= 4 is 11.3 Å². The minimum atomic E-state index is 0.551. The minimum absolute atomic E-state index is 0.551. The highest BCUT2D eigenvalue weighted by molar-refractivity contribution is 7.09. The van der Waals surface area contributed by atoms with Crippen LogP contribution in [0.5, 0.6) is 0 Å². The highest BCUT2D eigenvalue weighted by Gasteiger charge is 2.01. The van der Waals surface area contributed by atoms with Gasteiger partial charge >= 0.3 is 0 Å². The molecule has 1 aromatic carbocycles. The lowest BCUT2D eigenvalue weighted by atomic mass is 10.1. The molecule has 1 aromatic heterocycles. The summed E-state index contributed by atoms with van der Waals surface area (Å²) in [5.74, 6) is 0. The van der Waals surface area contributed by atoms with Gasteiger partial charge in [-0.1, -0.05) is 31.2 Å². The Bertz CT molecular complexity index is 459. The summed E-state index contributed by atoms with van der Waals surface area (Å²) in [6.45, 7) is 2.73. The van der Waals surface area contributed by atoms with Crippen LogP contribution in [0.15, 0.2) is 29.6 Å². The average molecular weight is 246 g/mol. The summed E-state index contributed by atoms with van der Waals surface area (Å²) in [5, 5.41) is 3.14. The maximum Gasteiger partial charge on any atom is 0.106 e. The molecule has 0 atom stereocenters. The van der Waals surface area contributed by atoms with Crippen LogP contribution in [0.25, 0.3) is 0 Å². The molecule has 2 aromatic rings. The van der Waals surface area contributed by atoms with Gasteiger partial charge in [0.05, 0.1) is 5.69 Å². The Labute approximate surface area is 107 Å². The number of nitrogens with two attached hydrogens (primary N) is 1. The van der Waals surface area contributed by atoms with Crippen molar-refractivity contribution in [1.29, 1.82) is 0 Å². The molecule has 0 unspecified atom stereocenters. The molecule has 0 saturated carbocycles. The van der Waals surface area contributed by atoms with Gasteiger partial charge in [-0.3, -0.25) is 0 Å². The van der Waals surface area contributed by atoms with Gasteiger partial charge in [-0.15, -0.1) is 11.3 Å². The number of nitrogens with zero attached hydrogens (tertiary/aromatic N) is 1. The van der Waals surface area contributed by atoms with Crippen LogP contribution in [-0.2, 0) is 25.8 Å². The van der Waals surface area contributed by atoms with Crippen molar-refractivity contribution in [3.63, 3.8) is 0 Å². The molecule has 0 aliphatic carbocycles. The molecular weight excluding hydrogens is 228 g/mol. The molecule has 0 radical (unpaired) electrons. The SMILES string of the molecule is CCc1ccc(CCc2csc(CN)n2)cc1. The van der Waals surface area contributed by atoms with Crippen LogP contribution in [0.1, 0.15) is 28.8 Å². The van der Waals surface area contributed by atoms with E-state index in [1.807, 2.05) is 0 Å². The van der Waals surface area contributed by atoms with E-state index in [2.05, 4.69) is 41.6 Å². The van der Waals surface area contributed by atoms with Gasteiger partial charge < -0.3 is 5.73 Å². The summed E-state index contributed by atoms with van der Waals surface area (Å²) < 4.78 is 0. The zero-order chi connectivity index (χ0) is 12.1. The number of rotatable bonds is 5. The van der Waals surface area contributed by atoms with Crippen LogP contribution < -0.4 is 5.73 Å². The van der Waals surface area contributed by atoms with E-state index in [4.69, 9.17) is 5.73 Å². The van der Waals surface area contributed by atoms with Crippen molar-refractivity contribution in [1.82, 2.24) is 4.98 Å². The normalized spacial score (nSPS) is 10.7. The molecule has 2 rings (SSSR count). The third-order valence-electron chi connectivity index (χ3n) is 2.87. The van der Waals surface area contributed by atoms with E-state index in [1.54, 1.807) is 11.3 Å². The van der Waals surface area contributed by atoms with E-state index in [9.17, 15) is 0 Å². The lowest BCUT2D eigenvalue weighted by Gasteiger charge is -2.01. The topological polar surface area (TPSA) is 38.9 Å². The second-order valence-corrected chi connectivity index (χ2v) is 5.05. The first kappa shape index (κ1) is 12.3. The Morgan fingerprint density at radius 3 is 2.41 bits per heavy atom. The summed E-state index contributed by atoms with van der Waals surface area (Å²) in [6, 6.07) is 8.85. The van der Waals surface area contributed by atoms with Crippen molar-refractivity contribution in [2.45, 2.75) is 32.7 Å². The van der Waals surface area contributed by atoms with Crippen LogP contribution in [0.2, 0.25) is 0 Å². The second kappa shape index (κ2) is 5.94. The van der Waals surface area contributed by atoms with Gasteiger partial charge in [-0.05, 0) is 30.4 Å². The van der Waals surface area contributed by atoms with Crippen LogP contribution in [0.4, 0.5) is 0 Å². The fourth-order valence-electron chi connectivity index (χ4n) is 1.77. The highest BCUT2D eigenvalue weighted by atomic mass is 32.1. The summed E-state index contributed by atoms with van der Waals surface area (Å²) in [6.07, 6.45) is 3.16. The first-order valence-electron chi connectivity index (χ1n) is 6.03. The fourth-order valence-corrected chi connectivity index (χ4v) is 2.48. The molecule has 2 nitrogen and oxygen atoms in total. The standard InChI is InChI=1S/C14H18N2S/c1-2-11-3-5-12(6-4-11)7-8-13-10-17-14(9-15)16-13/h3-6,10H,2,7-9,15H2,1H3. The van der Waals surface area contributed by atoms with Crippen molar-refractivity contribution in [2.75, 3.05) is 0 Å². The summed E-state index contributed by atoms with van der Waals surface area (Å²) in [7, 11) is 0. The molecule has 0 saturated heterocycles. The highest BCUT2D eigenvalue weighted by Crippen LogP contribution is 2.12. The quantitative estimate of drug-likeness (QED) is 0.881. The molecule has 1 heterocycles. The third kappa shape index (κ3) is 3.38. The Kier molecular flexibility index (Phi) is 4.29. The first-order valence-corrected chi connectivity index (χ1v) is 6.91. The summed E-state index contributed by atoms with van der Waals surface area (Å²) in [4.78, 5) is 4.47. The van der Waals surface area contributed by atoms with Crippen molar-refractivity contribution in [3.05, 3.63) is 51.5 Å². The van der Waals surface area contributed by atoms with Crippen LogP contribution in [0.3, 0.4) is 0 Å². The van der Waals surface area contributed by atoms with E-state index in [0.717, 1.165) is 30.0 Å². The number of hydrogen-bond donors (Lipinski definition) is 1. The minimum Gasteiger partial charge on any atom is -0.325 e. The Morgan fingerprint density at radius 1 is 1.12 bits per heavy atom. The molecule has 0 aliphatic rings. The van der Waals surface area contributed by atoms with Crippen LogP contribution in [0, 0.1) is 0 Å².